The lowest BCUT2D eigenvalue weighted by molar-refractivity contribution is 0.102. The van der Waals surface area contributed by atoms with E-state index >= 15 is 0 Å². The van der Waals surface area contributed by atoms with E-state index < -0.39 is 0 Å². The van der Waals surface area contributed by atoms with Crippen molar-refractivity contribution in [2.24, 2.45) is 0 Å². The normalized spacial score (nSPS) is 10.9. The molecule has 0 aliphatic carbocycles. The zero-order valence-corrected chi connectivity index (χ0v) is 15.8. The first-order valence-corrected chi connectivity index (χ1v) is 8.97. The topological polar surface area (TPSA) is 59.8 Å². The summed E-state index contributed by atoms with van der Waals surface area (Å²) in [5, 5.41) is 12.4. The van der Waals surface area contributed by atoms with Crippen LogP contribution in [0.5, 0.6) is 0 Å². The molecule has 1 heterocycles. The van der Waals surface area contributed by atoms with Crippen LogP contribution in [0.25, 0.3) is 16.7 Å². The Morgan fingerprint density at radius 2 is 1.67 bits per heavy atom. The van der Waals surface area contributed by atoms with Gasteiger partial charge in [-0.05, 0) is 48.9 Å². The van der Waals surface area contributed by atoms with Crippen molar-refractivity contribution in [2.45, 2.75) is 6.92 Å². The Labute approximate surface area is 165 Å². The Hall–Kier alpha value is -2.89. The largest absolute Gasteiger partial charge is 0.322 e. The Morgan fingerprint density at radius 1 is 0.963 bits per heavy atom. The minimum atomic E-state index is -0.333. The summed E-state index contributed by atoms with van der Waals surface area (Å²) in [6.45, 7) is 1.90. The maximum atomic E-state index is 12.6. The molecule has 0 atom stereocenters. The zero-order chi connectivity index (χ0) is 19.0. The summed E-state index contributed by atoms with van der Waals surface area (Å²) in [4.78, 5) is 14.2. The van der Waals surface area contributed by atoms with E-state index in [4.69, 9.17) is 23.2 Å². The van der Waals surface area contributed by atoms with E-state index in [0.717, 1.165) is 16.8 Å². The zero-order valence-electron chi connectivity index (χ0n) is 14.3. The predicted molar refractivity (Wildman–Crippen MR) is 108 cm³/mol. The molecule has 0 unspecified atom stereocenters. The molecule has 1 amide bonds. The van der Waals surface area contributed by atoms with Crippen molar-refractivity contribution in [2.75, 3.05) is 5.32 Å². The van der Waals surface area contributed by atoms with Crippen LogP contribution in [0.3, 0.4) is 0 Å². The molecule has 27 heavy (non-hydrogen) atoms. The van der Waals surface area contributed by atoms with Gasteiger partial charge >= 0.3 is 0 Å². The van der Waals surface area contributed by atoms with Crippen LogP contribution in [-0.4, -0.2) is 20.9 Å². The number of hydrogen-bond acceptors (Lipinski definition) is 3. The Balaban J connectivity index is 1.69. The molecule has 5 nitrogen and oxygen atoms in total. The van der Waals surface area contributed by atoms with Gasteiger partial charge in [0.05, 0.1) is 21.3 Å². The molecule has 0 aliphatic rings. The molecule has 0 saturated carbocycles. The Bertz CT molecular complexity index is 1160. The lowest BCUT2D eigenvalue weighted by atomic mass is 10.1. The summed E-state index contributed by atoms with van der Waals surface area (Å²) in [6.07, 6.45) is 0. The lowest BCUT2D eigenvalue weighted by Gasteiger charge is -2.09. The summed E-state index contributed by atoms with van der Waals surface area (Å²) in [5.41, 5.74) is 4.11. The summed E-state index contributed by atoms with van der Waals surface area (Å²) in [7, 11) is 0. The summed E-state index contributed by atoms with van der Waals surface area (Å²) in [6, 6.07) is 18.3. The molecule has 4 rings (SSSR count). The standard InChI is InChI=1S/C20H14Cl2N4O/c1-12-10-17-18(25-26(24-17)13-6-3-2-4-7-13)11-16(12)23-20(27)14-8-5-9-15(21)19(14)22/h2-11H,1H3,(H,23,27). The molecule has 134 valence electrons. The van der Waals surface area contributed by atoms with Crippen molar-refractivity contribution >= 4 is 45.8 Å². The van der Waals surface area contributed by atoms with Crippen LogP contribution in [0.4, 0.5) is 5.69 Å². The number of carbonyl (C=O) groups is 1. The summed E-state index contributed by atoms with van der Waals surface area (Å²) in [5.74, 6) is -0.333. The van der Waals surface area contributed by atoms with Gasteiger partial charge in [0.1, 0.15) is 11.0 Å². The number of anilines is 1. The molecule has 1 aromatic heterocycles. The molecule has 0 bridgehead atoms. The fourth-order valence-electron chi connectivity index (χ4n) is 2.75. The summed E-state index contributed by atoms with van der Waals surface area (Å²) >= 11 is 12.1. The highest BCUT2D eigenvalue weighted by molar-refractivity contribution is 6.44. The van der Waals surface area contributed by atoms with Gasteiger partial charge in [-0.1, -0.05) is 47.5 Å². The number of aromatic nitrogens is 3. The van der Waals surface area contributed by atoms with Gasteiger partial charge in [0, 0.05) is 5.69 Å². The highest BCUT2D eigenvalue weighted by Crippen LogP contribution is 2.27. The number of para-hydroxylation sites is 1. The number of rotatable bonds is 3. The van der Waals surface area contributed by atoms with Gasteiger partial charge in [-0.25, -0.2) is 0 Å². The third-order valence-electron chi connectivity index (χ3n) is 4.16. The van der Waals surface area contributed by atoms with Crippen molar-refractivity contribution in [3.63, 3.8) is 0 Å². The van der Waals surface area contributed by atoms with Crippen LogP contribution in [0.2, 0.25) is 10.0 Å². The van der Waals surface area contributed by atoms with Crippen molar-refractivity contribution < 1.29 is 4.79 Å². The van der Waals surface area contributed by atoms with E-state index in [1.165, 1.54) is 0 Å². The molecule has 4 aromatic rings. The average molecular weight is 397 g/mol. The van der Waals surface area contributed by atoms with E-state index in [1.54, 1.807) is 29.1 Å². The predicted octanol–water partition coefficient (Wildman–Crippen LogP) is 5.29. The minimum absolute atomic E-state index is 0.227. The van der Waals surface area contributed by atoms with E-state index in [2.05, 4.69) is 15.5 Å². The maximum Gasteiger partial charge on any atom is 0.257 e. The molecule has 7 heteroatoms. The monoisotopic (exact) mass is 396 g/mol. The highest BCUT2D eigenvalue weighted by Gasteiger charge is 2.15. The van der Waals surface area contributed by atoms with Gasteiger partial charge in [0.2, 0.25) is 0 Å². The first kappa shape index (κ1) is 17.5. The third kappa shape index (κ3) is 3.39. The second-order valence-corrected chi connectivity index (χ2v) is 6.82. The number of nitrogens with zero attached hydrogens (tertiary/aromatic N) is 3. The molecule has 3 aromatic carbocycles. The molecule has 0 fully saturated rings. The van der Waals surface area contributed by atoms with Crippen LogP contribution in [-0.2, 0) is 0 Å². The SMILES string of the molecule is Cc1cc2nn(-c3ccccc3)nc2cc1NC(=O)c1cccc(Cl)c1Cl. The second-order valence-electron chi connectivity index (χ2n) is 6.04. The Kier molecular flexibility index (Phi) is 4.56. The first-order valence-electron chi connectivity index (χ1n) is 8.21. The molecule has 0 saturated heterocycles. The number of amides is 1. The van der Waals surface area contributed by atoms with Crippen molar-refractivity contribution in [3.8, 4) is 5.69 Å². The van der Waals surface area contributed by atoms with Crippen LogP contribution in [0, 0.1) is 6.92 Å². The van der Waals surface area contributed by atoms with Gasteiger partial charge in [-0.3, -0.25) is 4.79 Å². The number of nitrogens with one attached hydrogen (secondary N) is 1. The fraction of sp³-hybridized carbons (Fsp3) is 0.0500. The van der Waals surface area contributed by atoms with Crippen molar-refractivity contribution in [1.29, 1.82) is 0 Å². The number of hydrogen-bond donors (Lipinski definition) is 1. The van der Waals surface area contributed by atoms with Gasteiger partial charge in [-0.2, -0.15) is 4.80 Å². The van der Waals surface area contributed by atoms with Gasteiger partial charge in [-0.15, -0.1) is 10.2 Å². The highest BCUT2D eigenvalue weighted by atomic mass is 35.5. The van der Waals surface area contributed by atoms with Crippen LogP contribution < -0.4 is 5.32 Å². The average Bonchev–Trinajstić information content (AvgIpc) is 3.07. The fourth-order valence-corrected chi connectivity index (χ4v) is 3.13. The maximum absolute atomic E-state index is 12.6. The van der Waals surface area contributed by atoms with Crippen molar-refractivity contribution in [3.05, 3.63) is 81.8 Å². The van der Waals surface area contributed by atoms with Gasteiger partial charge in [0.25, 0.3) is 5.91 Å². The minimum Gasteiger partial charge on any atom is -0.322 e. The number of fused-ring (bicyclic) bond motifs is 1. The lowest BCUT2D eigenvalue weighted by Crippen LogP contribution is -2.13. The van der Waals surface area contributed by atoms with Crippen LogP contribution in [0.15, 0.2) is 60.7 Å². The molecular formula is C20H14Cl2N4O. The quantitative estimate of drug-likeness (QED) is 0.511. The van der Waals surface area contributed by atoms with Crippen LogP contribution >= 0.6 is 23.2 Å². The van der Waals surface area contributed by atoms with E-state index in [1.807, 2.05) is 43.3 Å². The number of halogens is 2. The van der Waals surface area contributed by atoms with Crippen LogP contribution in [0.1, 0.15) is 15.9 Å². The van der Waals surface area contributed by atoms with E-state index in [-0.39, 0.29) is 10.9 Å². The smallest absolute Gasteiger partial charge is 0.257 e. The first-order chi connectivity index (χ1) is 13.0. The van der Waals surface area contributed by atoms with Gasteiger partial charge < -0.3 is 5.32 Å². The van der Waals surface area contributed by atoms with Gasteiger partial charge in [0.15, 0.2) is 0 Å². The number of carbonyl (C=O) groups excluding carboxylic acids is 1. The second kappa shape index (κ2) is 7.02. The molecule has 0 aliphatic heterocycles. The third-order valence-corrected chi connectivity index (χ3v) is 4.98. The van der Waals surface area contributed by atoms with E-state index in [9.17, 15) is 4.79 Å². The molecule has 0 radical (unpaired) electrons. The molecule has 0 spiro atoms. The van der Waals surface area contributed by atoms with Crippen molar-refractivity contribution in [1.82, 2.24) is 15.0 Å². The number of aryl methyl sites for hydroxylation is 1. The molecular weight excluding hydrogens is 383 g/mol. The Morgan fingerprint density at radius 3 is 2.41 bits per heavy atom. The summed E-state index contributed by atoms with van der Waals surface area (Å²) < 4.78 is 0. The number of benzene rings is 3. The van der Waals surface area contributed by atoms with E-state index in [0.29, 0.717) is 21.8 Å². The molecule has 1 N–H and O–H groups in total.